The molecule has 2 aliphatic carbocycles. The molecule has 10 nitrogen and oxygen atoms in total. The standard InChI is InChI=1S/C32H31NO9S/c1-17(15-18(2)31(37)38)30(36)33-21-7-13-24(14-8-21)42-43(39,40)26-16-25-27(19-3-9-22(34)10-4-19)28(32(25)29(26)41-32)20-5-11-23(35)12-6-20/h3-14,17-18,25-26,29,34-35H,15-16H2,1-2H3,(H,33,36)(H,37,38). The van der Waals surface area contributed by atoms with E-state index in [0.29, 0.717) is 12.1 Å². The molecule has 3 aliphatic rings. The lowest BCUT2D eigenvalue weighted by atomic mass is 9.64. The topological polar surface area (TPSA) is 163 Å². The highest BCUT2D eigenvalue weighted by Gasteiger charge is 2.80. The third kappa shape index (κ3) is 5.02. The molecule has 1 amide bonds. The van der Waals surface area contributed by atoms with Crippen molar-refractivity contribution in [1.29, 1.82) is 0 Å². The summed E-state index contributed by atoms with van der Waals surface area (Å²) in [7, 11) is -4.12. The number of epoxide rings is 1. The van der Waals surface area contributed by atoms with Crippen LogP contribution in [0.1, 0.15) is 37.8 Å². The average Bonchev–Trinajstić information content (AvgIpc) is 3.65. The Balaban J connectivity index is 1.18. The summed E-state index contributed by atoms with van der Waals surface area (Å²) in [5.41, 5.74) is 3.15. The maximum atomic E-state index is 13.5. The first kappa shape index (κ1) is 28.8. The van der Waals surface area contributed by atoms with Crippen molar-refractivity contribution in [3.05, 3.63) is 83.9 Å². The van der Waals surface area contributed by atoms with Gasteiger partial charge in [0.25, 0.3) is 0 Å². The second-order valence-corrected chi connectivity index (χ2v) is 13.3. The summed E-state index contributed by atoms with van der Waals surface area (Å²) < 4.78 is 38.8. The van der Waals surface area contributed by atoms with Crippen molar-refractivity contribution in [3.63, 3.8) is 0 Å². The Morgan fingerprint density at radius 2 is 1.51 bits per heavy atom. The molecule has 1 spiro atoms. The molecule has 1 saturated carbocycles. The third-order valence-electron chi connectivity index (χ3n) is 8.63. The van der Waals surface area contributed by atoms with Crippen LogP contribution in [0.2, 0.25) is 0 Å². The number of aliphatic carboxylic acids is 1. The van der Waals surface area contributed by atoms with Gasteiger partial charge in [0.05, 0.1) is 5.92 Å². The Labute approximate surface area is 248 Å². The van der Waals surface area contributed by atoms with Gasteiger partial charge in [-0.05, 0) is 83.6 Å². The second kappa shape index (κ2) is 10.4. The van der Waals surface area contributed by atoms with Gasteiger partial charge >= 0.3 is 16.1 Å². The lowest BCUT2D eigenvalue weighted by Gasteiger charge is -2.39. The summed E-state index contributed by atoms with van der Waals surface area (Å²) in [4.78, 5) is 23.6. The molecule has 43 heavy (non-hydrogen) atoms. The largest absolute Gasteiger partial charge is 0.508 e. The summed E-state index contributed by atoms with van der Waals surface area (Å²) >= 11 is 0. The molecular weight excluding hydrogens is 574 g/mol. The van der Waals surface area contributed by atoms with Gasteiger partial charge in [-0.3, -0.25) is 9.59 Å². The number of nitrogens with one attached hydrogen (secondary N) is 1. The minimum atomic E-state index is -4.12. The molecule has 3 aromatic carbocycles. The van der Waals surface area contributed by atoms with Crippen molar-refractivity contribution in [3.8, 4) is 17.2 Å². The lowest BCUT2D eigenvalue weighted by Crippen LogP contribution is -2.36. The zero-order valence-corrected chi connectivity index (χ0v) is 24.2. The van der Waals surface area contributed by atoms with Crippen LogP contribution < -0.4 is 9.50 Å². The summed E-state index contributed by atoms with van der Waals surface area (Å²) in [6.45, 7) is 3.19. The molecule has 1 heterocycles. The van der Waals surface area contributed by atoms with E-state index in [9.17, 15) is 28.2 Å². The molecule has 11 heteroatoms. The first-order valence-electron chi connectivity index (χ1n) is 14.0. The van der Waals surface area contributed by atoms with Crippen molar-refractivity contribution in [2.24, 2.45) is 17.8 Å². The van der Waals surface area contributed by atoms with Crippen molar-refractivity contribution >= 4 is 38.8 Å². The van der Waals surface area contributed by atoms with Crippen LogP contribution in [0.15, 0.2) is 72.8 Å². The number of amides is 1. The van der Waals surface area contributed by atoms with Gasteiger partial charge in [-0.25, -0.2) is 0 Å². The number of carbonyl (C=O) groups excluding carboxylic acids is 1. The molecule has 1 saturated heterocycles. The van der Waals surface area contributed by atoms with Gasteiger partial charge in [0.1, 0.15) is 34.2 Å². The molecule has 0 radical (unpaired) electrons. The van der Waals surface area contributed by atoms with Crippen molar-refractivity contribution in [2.45, 2.75) is 43.6 Å². The van der Waals surface area contributed by atoms with Gasteiger partial charge in [0.15, 0.2) is 0 Å². The molecule has 1 aliphatic heterocycles. The first-order chi connectivity index (χ1) is 20.4. The predicted molar refractivity (Wildman–Crippen MR) is 158 cm³/mol. The van der Waals surface area contributed by atoms with Gasteiger partial charge in [0, 0.05) is 17.5 Å². The van der Waals surface area contributed by atoms with Crippen LogP contribution in [0.3, 0.4) is 0 Å². The molecule has 2 fully saturated rings. The number of phenolic OH excluding ortho intramolecular Hbond substituents is 2. The number of aromatic hydroxyl groups is 2. The van der Waals surface area contributed by atoms with E-state index in [4.69, 9.17) is 14.0 Å². The summed E-state index contributed by atoms with van der Waals surface area (Å²) in [5.74, 6) is -2.37. The minimum absolute atomic E-state index is 0.0879. The number of ether oxygens (including phenoxy) is 1. The molecular formula is C32H31NO9S. The number of carboxylic acid groups (broad SMARTS) is 1. The Kier molecular flexibility index (Phi) is 6.97. The summed E-state index contributed by atoms with van der Waals surface area (Å²) in [6.07, 6.45) is -0.114. The maximum Gasteiger partial charge on any atom is 0.314 e. The fourth-order valence-corrected chi connectivity index (χ4v) is 7.90. The summed E-state index contributed by atoms with van der Waals surface area (Å²) in [6, 6.07) is 19.4. The fourth-order valence-electron chi connectivity index (χ4n) is 6.41. The Bertz CT molecular complexity index is 1720. The monoisotopic (exact) mass is 605 g/mol. The number of carboxylic acids is 1. The predicted octanol–water partition coefficient (Wildman–Crippen LogP) is 4.64. The van der Waals surface area contributed by atoms with Crippen LogP contribution in [0.25, 0.3) is 11.1 Å². The normalized spacial score (nSPS) is 25.1. The fraction of sp³-hybridized carbons (Fsp3) is 0.312. The quantitative estimate of drug-likeness (QED) is 0.190. The van der Waals surface area contributed by atoms with Crippen LogP contribution >= 0.6 is 0 Å². The van der Waals surface area contributed by atoms with E-state index in [2.05, 4.69) is 5.32 Å². The molecule has 4 N–H and O–H groups in total. The second-order valence-electron chi connectivity index (χ2n) is 11.5. The SMILES string of the molecule is CC(CC(C)C(=O)Nc1ccc(OS(=O)(=O)C2CC3C(c4ccc(O)cc4)=C(c4ccc(O)cc4)C34OC24)cc1)C(=O)O. The Hall–Kier alpha value is -4.35. The number of benzene rings is 3. The van der Waals surface area contributed by atoms with E-state index in [1.807, 2.05) is 0 Å². The number of phenols is 2. The summed E-state index contributed by atoms with van der Waals surface area (Å²) in [5, 5.41) is 30.5. The molecule has 224 valence electrons. The highest BCUT2D eigenvalue weighted by molar-refractivity contribution is 7.87. The molecule has 6 unspecified atom stereocenters. The number of hydrogen-bond donors (Lipinski definition) is 4. The minimum Gasteiger partial charge on any atom is -0.508 e. The maximum absolute atomic E-state index is 13.5. The molecule has 0 bridgehead atoms. The van der Waals surface area contributed by atoms with E-state index >= 15 is 0 Å². The van der Waals surface area contributed by atoms with Crippen LogP contribution in [-0.2, 0) is 24.4 Å². The number of rotatable bonds is 10. The van der Waals surface area contributed by atoms with Crippen LogP contribution in [0.5, 0.6) is 17.2 Å². The molecule has 6 rings (SSSR count). The number of anilines is 1. The Morgan fingerprint density at radius 3 is 2.09 bits per heavy atom. The zero-order valence-electron chi connectivity index (χ0n) is 23.4. The van der Waals surface area contributed by atoms with Crippen molar-refractivity contribution in [1.82, 2.24) is 0 Å². The van der Waals surface area contributed by atoms with E-state index in [1.165, 1.54) is 24.3 Å². The molecule has 3 aromatic rings. The van der Waals surface area contributed by atoms with Crippen LogP contribution in [0.4, 0.5) is 5.69 Å². The highest BCUT2D eigenvalue weighted by atomic mass is 32.2. The van der Waals surface area contributed by atoms with E-state index in [1.54, 1.807) is 62.4 Å². The van der Waals surface area contributed by atoms with E-state index < -0.39 is 44.9 Å². The number of hydrogen-bond acceptors (Lipinski definition) is 8. The molecule has 6 atom stereocenters. The highest BCUT2D eigenvalue weighted by Crippen LogP contribution is 2.73. The van der Waals surface area contributed by atoms with Gasteiger partial charge < -0.3 is 29.6 Å². The van der Waals surface area contributed by atoms with Gasteiger partial charge in [0.2, 0.25) is 5.91 Å². The van der Waals surface area contributed by atoms with Crippen LogP contribution in [0, 0.1) is 17.8 Å². The van der Waals surface area contributed by atoms with Gasteiger partial charge in [-0.2, -0.15) is 8.42 Å². The van der Waals surface area contributed by atoms with E-state index in [0.717, 1.165) is 22.3 Å². The Morgan fingerprint density at radius 1 is 0.930 bits per heavy atom. The first-order valence-corrected chi connectivity index (χ1v) is 15.5. The van der Waals surface area contributed by atoms with Crippen molar-refractivity contribution in [2.75, 3.05) is 5.32 Å². The van der Waals surface area contributed by atoms with E-state index in [-0.39, 0.29) is 35.5 Å². The number of carbonyl (C=O) groups is 2. The lowest BCUT2D eigenvalue weighted by molar-refractivity contribution is -0.141. The zero-order chi connectivity index (χ0) is 30.7. The smallest absolute Gasteiger partial charge is 0.314 e. The van der Waals surface area contributed by atoms with Crippen molar-refractivity contribution < 1.29 is 42.2 Å². The van der Waals surface area contributed by atoms with Gasteiger partial charge in [-0.1, -0.05) is 38.1 Å². The van der Waals surface area contributed by atoms with Gasteiger partial charge in [-0.15, -0.1) is 0 Å². The third-order valence-corrected chi connectivity index (χ3v) is 10.2. The average molecular weight is 606 g/mol. The molecule has 0 aromatic heterocycles. The van der Waals surface area contributed by atoms with Crippen LogP contribution in [-0.4, -0.2) is 52.6 Å².